The third kappa shape index (κ3) is 3.47. The molecule has 0 aliphatic rings. The van der Waals surface area contributed by atoms with E-state index in [1.165, 1.54) is 7.11 Å². The lowest BCUT2D eigenvalue weighted by Gasteiger charge is -2.27. The average molecular weight is 407 g/mol. The molecule has 0 heterocycles. The Bertz CT molecular complexity index is 1070. The minimum atomic E-state index is -0.432. The summed E-state index contributed by atoms with van der Waals surface area (Å²) in [5, 5.41) is 32.5. The highest BCUT2D eigenvalue weighted by Crippen LogP contribution is 2.47. The molecule has 4 heteroatoms. The van der Waals surface area contributed by atoms with E-state index in [1.807, 2.05) is 47.6 Å². The van der Waals surface area contributed by atoms with Gasteiger partial charge in [0.1, 0.15) is 11.5 Å². The van der Waals surface area contributed by atoms with Crippen LogP contribution in [0.25, 0.3) is 0 Å². The van der Waals surface area contributed by atoms with E-state index in [4.69, 9.17) is 4.74 Å². The molecule has 0 bridgehead atoms. The Morgan fingerprint density at radius 1 is 0.667 bits per heavy atom. The fourth-order valence-corrected chi connectivity index (χ4v) is 4.25. The van der Waals surface area contributed by atoms with E-state index in [0.29, 0.717) is 5.75 Å². The van der Waals surface area contributed by atoms with Gasteiger partial charge in [-0.25, -0.2) is 0 Å². The van der Waals surface area contributed by atoms with Gasteiger partial charge >= 0.3 is 0 Å². The normalized spacial score (nSPS) is 11.2. The lowest BCUT2D eigenvalue weighted by molar-refractivity contribution is 0.373. The van der Waals surface area contributed by atoms with E-state index in [9.17, 15) is 15.3 Å². The fourth-order valence-electron chi connectivity index (χ4n) is 4.25. The van der Waals surface area contributed by atoms with Crippen LogP contribution in [0.1, 0.15) is 56.0 Å². The molecule has 0 radical (unpaired) electrons. The van der Waals surface area contributed by atoms with E-state index in [1.54, 1.807) is 12.1 Å². The molecule has 30 heavy (non-hydrogen) atoms. The number of hydrogen-bond donors (Lipinski definition) is 3. The summed E-state index contributed by atoms with van der Waals surface area (Å²) in [5.41, 5.74) is 7.82. The molecule has 0 atom stereocenters. The van der Waals surface area contributed by atoms with Gasteiger partial charge in [-0.15, -0.1) is 0 Å². The Morgan fingerprint density at radius 2 is 1.13 bits per heavy atom. The van der Waals surface area contributed by atoms with Gasteiger partial charge in [0, 0.05) is 17.0 Å². The highest BCUT2D eigenvalue weighted by atomic mass is 16.5. The summed E-state index contributed by atoms with van der Waals surface area (Å²) in [7, 11) is 1.51. The molecule has 0 unspecified atom stereocenters. The number of benzene rings is 3. The van der Waals surface area contributed by atoms with Crippen LogP contribution in [0.4, 0.5) is 0 Å². The number of ether oxygens (including phenoxy) is 1. The molecule has 3 rings (SSSR count). The van der Waals surface area contributed by atoms with E-state index in [2.05, 4.69) is 12.1 Å². The van der Waals surface area contributed by atoms with E-state index in [0.717, 1.165) is 50.1 Å². The highest BCUT2D eigenvalue weighted by Gasteiger charge is 2.29. The van der Waals surface area contributed by atoms with Crippen molar-refractivity contribution in [3.05, 3.63) is 80.4 Å². The molecular weight excluding hydrogens is 376 g/mol. The van der Waals surface area contributed by atoms with Crippen molar-refractivity contribution in [2.24, 2.45) is 0 Å². The maximum Gasteiger partial charge on any atom is 0.160 e. The third-order valence-electron chi connectivity index (χ3n) is 6.23. The first kappa shape index (κ1) is 21.6. The quantitative estimate of drug-likeness (QED) is 0.476. The SMILES string of the molecule is COc1cc(C(c2c(C)cc(C)c(C)c2O)c2c(C)cc(C)c(C)c2O)ccc1O. The zero-order chi connectivity index (χ0) is 22.3. The number of aryl methyl sites for hydroxylation is 4. The fraction of sp³-hybridized carbons (Fsp3) is 0.308. The number of aromatic hydroxyl groups is 3. The summed E-state index contributed by atoms with van der Waals surface area (Å²) in [6.07, 6.45) is 0. The van der Waals surface area contributed by atoms with Crippen LogP contribution in [0.2, 0.25) is 0 Å². The summed E-state index contributed by atoms with van der Waals surface area (Å²) in [6.45, 7) is 11.7. The molecule has 4 nitrogen and oxygen atoms in total. The van der Waals surface area contributed by atoms with Crippen molar-refractivity contribution in [2.45, 2.75) is 47.5 Å². The number of rotatable bonds is 4. The minimum Gasteiger partial charge on any atom is -0.507 e. The number of phenolic OH excluding ortho intramolecular Hbond substituents is 3. The molecule has 0 saturated heterocycles. The maximum atomic E-state index is 11.2. The topological polar surface area (TPSA) is 69.9 Å². The summed E-state index contributed by atoms with van der Waals surface area (Å²) in [6, 6.07) is 9.28. The molecule has 0 aliphatic heterocycles. The molecule has 0 amide bonds. The molecule has 0 spiro atoms. The Labute approximate surface area is 178 Å². The molecule has 3 aromatic carbocycles. The zero-order valence-electron chi connectivity index (χ0n) is 18.7. The summed E-state index contributed by atoms with van der Waals surface area (Å²) in [5.74, 6) is 0.405. The van der Waals surface area contributed by atoms with Gasteiger partial charge in [-0.2, -0.15) is 0 Å². The average Bonchev–Trinajstić information content (AvgIpc) is 2.70. The molecule has 0 aromatic heterocycles. The van der Waals surface area contributed by atoms with Crippen molar-refractivity contribution >= 4 is 0 Å². The van der Waals surface area contributed by atoms with Crippen molar-refractivity contribution < 1.29 is 20.1 Å². The van der Waals surface area contributed by atoms with E-state index < -0.39 is 5.92 Å². The van der Waals surface area contributed by atoms with Crippen LogP contribution in [0, 0.1) is 41.5 Å². The van der Waals surface area contributed by atoms with Crippen molar-refractivity contribution in [3.63, 3.8) is 0 Å². The van der Waals surface area contributed by atoms with E-state index >= 15 is 0 Å². The Balaban J connectivity index is 2.45. The second-order valence-electron chi connectivity index (χ2n) is 8.16. The first-order chi connectivity index (χ1) is 14.1. The zero-order valence-corrected chi connectivity index (χ0v) is 18.7. The van der Waals surface area contributed by atoms with Gasteiger partial charge in [0.25, 0.3) is 0 Å². The van der Waals surface area contributed by atoms with E-state index in [-0.39, 0.29) is 17.2 Å². The van der Waals surface area contributed by atoms with Gasteiger partial charge in [-0.3, -0.25) is 0 Å². The summed E-state index contributed by atoms with van der Waals surface area (Å²) < 4.78 is 5.34. The van der Waals surface area contributed by atoms with Gasteiger partial charge in [0.2, 0.25) is 0 Å². The van der Waals surface area contributed by atoms with Crippen LogP contribution >= 0.6 is 0 Å². The molecule has 158 valence electrons. The second-order valence-corrected chi connectivity index (χ2v) is 8.16. The van der Waals surface area contributed by atoms with Crippen LogP contribution < -0.4 is 4.74 Å². The van der Waals surface area contributed by atoms with Crippen molar-refractivity contribution in [2.75, 3.05) is 7.11 Å². The van der Waals surface area contributed by atoms with Crippen LogP contribution in [0.15, 0.2) is 30.3 Å². The molecule has 3 N–H and O–H groups in total. The van der Waals surface area contributed by atoms with Gasteiger partial charge in [-0.1, -0.05) is 18.2 Å². The van der Waals surface area contributed by atoms with Gasteiger partial charge < -0.3 is 20.1 Å². The molecule has 0 aliphatic carbocycles. The predicted molar refractivity (Wildman–Crippen MR) is 120 cm³/mol. The lowest BCUT2D eigenvalue weighted by atomic mass is 9.78. The number of hydrogen-bond acceptors (Lipinski definition) is 4. The largest absolute Gasteiger partial charge is 0.507 e. The first-order valence-electron chi connectivity index (χ1n) is 10.0. The van der Waals surface area contributed by atoms with Crippen LogP contribution in [0.5, 0.6) is 23.0 Å². The lowest BCUT2D eigenvalue weighted by Crippen LogP contribution is -2.10. The van der Waals surface area contributed by atoms with Gasteiger partial charge in [0.15, 0.2) is 11.5 Å². The third-order valence-corrected chi connectivity index (χ3v) is 6.23. The second kappa shape index (κ2) is 7.94. The Morgan fingerprint density at radius 3 is 1.57 bits per heavy atom. The number of methoxy groups -OCH3 is 1. The highest BCUT2D eigenvalue weighted by molar-refractivity contribution is 5.63. The monoisotopic (exact) mass is 406 g/mol. The standard InChI is InChI=1S/C26H30O4/c1-13-10-15(3)22(25(28)17(13)5)24(19-8-9-20(27)21(12-19)30-7)23-16(4)11-14(2)18(6)26(23)29/h8-12,24,27-29H,1-7H3. The van der Waals surface area contributed by atoms with Crippen LogP contribution in [0.3, 0.4) is 0 Å². The van der Waals surface area contributed by atoms with Crippen molar-refractivity contribution in [1.82, 2.24) is 0 Å². The molecule has 0 saturated carbocycles. The van der Waals surface area contributed by atoms with Crippen molar-refractivity contribution in [3.8, 4) is 23.0 Å². The molecule has 3 aromatic rings. The summed E-state index contributed by atoms with van der Waals surface area (Å²) in [4.78, 5) is 0. The first-order valence-corrected chi connectivity index (χ1v) is 10.0. The number of phenols is 3. The predicted octanol–water partition coefficient (Wildman–Crippen LogP) is 5.84. The maximum absolute atomic E-state index is 11.2. The Hall–Kier alpha value is -3.14. The van der Waals surface area contributed by atoms with Gasteiger partial charge in [0.05, 0.1) is 7.11 Å². The van der Waals surface area contributed by atoms with Crippen LogP contribution in [-0.4, -0.2) is 22.4 Å². The Kier molecular flexibility index (Phi) is 5.71. The van der Waals surface area contributed by atoms with Crippen molar-refractivity contribution in [1.29, 1.82) is 0 Å². The van der Waals surface area contributed by atoms with Crippen LogP contribution in [-0.2, 0) is 0 Å². The smallest absolute Gasteiger partial charge is 0.160 e. The minimum absolute atomic E-state index is 0.0436. The molecular formula is C26H30O4. The molecule has 0 fully saturated rings. The van der Waals surface area contributed by atoms with Gasteiger partial charge in [-0.05, 0) is 92.6 Å². The summed E-state index contributed by atoms with van der Waals surface area (Å²) >= 11 is 0.